The molecule has 15 heavy (non-hydrogen) atoms. The van der Waals surface area contributed by atoms with Gasteiger partial charge in [0.05, 0.1) is 6.10 Å². The van der Waals surface area contributed by atoms with Crippen LogP contribution in [-0.2, 0) is 0 Å². The van der Waals surface area contributed by atoms with Crippen LogP contribution in [0, 0.1) is 6.92 Å². The highest BCUT2D eigenvalue weighted by molar-refractivity contribution is 7.09. The van der Waals surface area contributed by atoms with Crippen molar-refractivity contribution in [3.63, 3.8) is 0 Å². The molecule has 0 aliphatic carbocycles. The molecular formula is C9H11N3OS2. The Morgan fingerprint density at radius 3 is 3.07 bits per heavy atom. The number of hydrogen-bond acceptors (Lipinski definition) is 6. The number of aliphatic hydroxyl groups is 1. The molecule has 0 fully saturated rings. The first-order chi connectivity index (χ1) is 7.25. The Morgan fingerprint density at radius 2 is 2.47 bits per heavy atom. The maximum atomic E-state index is 9.78. The molecule has 0 bridgehead atoms. The maximum absolute atomic E-state index is 9.78. The molecule has 0 spiro atoms. The number of thiophene rings is 1. The topological polar surface area (TPSA) is 58.0 Å². The normalized spacial score (nSPS) is 12.7. The van der Waals surface area contributed by atoms with Gasteiger partial charge in [-0.3, -0.25) is 0 Å². The first-order valence-electron chi connectivity index (χ1n) is 4.50. The minimum atomic E-state index is -0.486. The van der Waals surface area contributed by atoms with E-state index in [9.17, 15) is 5.11 Å². The lowest BCUT2D eigenvalue weighted by Gasteiger charge is -2.08. The molecule has 2 rings (SSSR count). The van der Waals surface area contributed by atoms with Crippen LogP contribution in [0.1, 0.15) is 17.5 Å². The maximum Gasteiger partial charge on any atom is 0.202 e. The summed E-state index contributed by atoms with van der Waals surface area (Å²) in [5.74, 6) is 0.757. The molecular weight excluding hydrogens is 230 g/mol. The number of aromatic nitrogens is 2. The van der Waals surface area contributed by atoms with E-state index in [1.807, 2.05) is 23.8 Å². The number of nitrogens with one attached hydrogen (secondary N) is 1. The van der Waals surface area contributed by atoms with Gasteiger partial charge in [-0.2, -0.15) is 15.7 Å². The smallest absolute Gasteiger partial charge is 0.202 e. The fourth-order valence-electron chi connectivity index (χ4n) is 1.14. The fraction of sp³-hybridized carbons (Fsp3) is 0.333. The number of aryl methyl sites for hydroxylation is 1. The van der Waals surface area contributed by atoms with Gasteiger partial charge in [-0.25, -0.2) is 4.98 Å². The van der Waals surface area contributed by atoms with Crippen LogP contribution in [0.4, 0.5) is 5.13 Å². The van der Waals surface area contributed by atoms with Gasteiger partial charge in [0.1, 0.15) is 5.82 Å². The molecule has 0 aromatic carbocycles. The summed E-state index contributed by atoms with van der Waals surface area (Å²) in [4.78, 5) is 4.15. The first-order valence-corrected chi connectivity index (χ1v) is 6.21. The highest BCUT2D eigenvalue weighted by Crippen LogP contribution is 2.17. The Bertz CT molecular complexity index is 413. The summed E-state index contributed by atoms with van der Waals surface area (Å²) in [5.41, 5.74) is 0.939. The zero-order valence-electron chi connectivity index (χ0n) is 8.17. The van der Waals surface area contributed by atoms with Gasteiger partial charge in [0, 0.05) is 18.1 Å². The second-order valence-corrected chi connectivity index (χ2v) is 4.63. The van der Waals surface area contributed by atoms with Crippen molar-refractivity contribution in [2.75, 3.05) is 11.9 Å². The average molecular weight is 241 g/mol. The molecule has 4 nitrogen and oxygen atoms in total. The molecule has 0 aliphatic heterocycles. The van der Waals surface area contributed by atoms with Crippen molar-refractivity contribution in [1.29, 1.82) is 0 Å². The van der Waals surface area contributed by atoms with Crippen LogP contribution in [0.5, 0.6) is 0 Å². The van der Waals surface area contributed by atoms with Crippen LogP contribution in [0.15, 0.2) is 16.8 Å². The molecule has 2 aromatic heterocycles. The van der Waals surface area contributed by atoms with E-state index in [0.717, 1.165) is 16.5 Å². The van der Waals surface area contributed by atoms with Crippen molar-refractivity contribution in [2.24, 2.45) is 0 Å². The monoisotopic (exact) mass is 241 g/mol. The van der Waals surface area contributed by atoms with Crippen LogP contribution in [0.25, 0.3) is 0 Å². The van der Waals surface area contributed by atoms with Crippen molar-refractivity contribution in [3.8, 4) is 0 Å². The van der Waals surface area contributed by atoms with E-state index in [4.69, 9.17) is 0 Å². The van der Waals surface area contributed by atoms with Gasteiger partial charge < -0.3 is 10.4 Å². The molecule has 1 unspecified atom stereocenters. The standard InChI is InChI=1S/C9H11N3OS2/c1-6-11-9(15-12-6)10-4-8(13)7-2-3-14-5-7/h2-3,5,8,13H,4H2,1H3,(H,10,11,12). The third-order valence-corrected chi connectivity index (χ3v) is 3.37. The number of aliphatic hydroxyl groups excluding tert-OH is 1. The summed E-state index contributed by atoms with van der Waals surface area (Å²) < 4.78 is 4.05. The molecule has 0 amide bonds. The Balaban J connectivity index is 1.88. The SMILES string of the molecule is Cc1nsc(NCC(O)c2ccsc2)n1. The quantitative estimate of drug-likeness (QED) is 0.860. The van der Waals surface area contributed by atoms with Crippen LogP contribution in [0.3, 0.4) is 0 Å². The Labute approximate surface area is 95.8 Å². The van der Waals surface area contributed by atoms with E-state index in [0.29, 0.717) is 6.54 Å². The summed E-state index contributed by atoms with van der Waals surface area (Å²) in [6.07, 6.45) is -0.486. The molecule has 0 radical (unpaired) electrons. The molecule has 1 atom stereocenters. The highest BCUT2D eigenvalue weighted by atomic mass is 32.1. The summed E-state index contributed by atoms with van der Waals surface area (Å²) in [5, 5.41) is 17.5. The molecule has 0 aliphatic rings. The number of rotatable bonds is 4. The first kappa shape index (κ1) is 10.5. The van der Waals surface area contributed by atoms with E-state index < -0.39 is 6.10 Å². The van der Waals surface area contributed by atoms with Gasteiger partial charge in [-0.15, -0.1) is 0 Å². The minimum absolute atomic E-state index is 0.464. The van der Waals surface area contributed by atoms with Gasteiger partial charge >= 0.3 is 0 Å². The van der Waals surface area contributed by atoms with Crippen molar-refractivity contribution in [2.45, 2.75) is 13.0 Å². The van der Waals surface area contributed by atoms with E-state index in [-0.39, 0.29) is 0 Å². The van der Waals surface area contributed by atoms with Crippen molar-refractivity contribution in [3.05, 3.63) is 28.2 Å². The van der Waals surface area contributed by atoms with Crippen molar-refractivity contribution in [1.82, 2.24) is 9.36 Å². The second-order valence-electron chi connectivity index (χ2n) is 3.10. The summed E-state index contributed by atoms with van der Waals surface area (Å²) in [6.45, 7) is 2.31. The van der Waals surface area contributed by atoms with Crippen LogP contribution < -0.4 is 5.32 Å². The molecule has 2 N–H and O–H groups in total. The third-order valence-electron chi connectivity index (χ3n) is 1.90. The summed E-state index contributed by atoms with van der Waals surface area (Å²) in [7, 11) is 0. The average Bonchev–Trinajstić information content (AvgIpc) is 2.84. The van der Waals surface area contributed by atoms with Crippen LogP contribution >= 0.6 is 22.9 Å². The van der Waals surface area contributed by atoms with Crippen LogP contribution in [-0.4, -0.2) is 21.0 Å². The lowest BCUT2D eigenvalue weighted by Crippen LogP contribution is -2.11. The zero-order chi connectivity index (χ0) is 10.7. The van der Waals surface area contributed by atoms with E-state index >= 15 is 0 Å². The second kappa shape index (κ2) is 4.69. The third kappa shape index (κ3) is 2.74. The minimum Gasteiger partial charge on any atom is -0.387 e. The van der Waals surface area contributed by atoms with Gasteiger partial charge in [0.25, 0.3) is 0 Å². The Kier molecular flexibility index (Phi) is 3.30. The molecule has 6 heteroatoms. The molecule has 0 saturated carbocycles. The molecule has 0 saturated heterocycles. The van der Waals surface area contributed by atoms with Crippen molar-refractivity contribution < 1.29 is 5.11 Å². The number of anilines is 1. The lowest BCUT2D eigenvalue weighted by molar-refractivity contribution is 0.192. The predicted molar refractivity (Wildman–Crippen MR) is 62.4 cm³/mol. The van der Waals surface area contributed by atoms with Gasteiger partial charge in [0.2, 0.25) is 5.13 Å². The van der Waals surface area contributed by atoms with Gasteiger partial charge in [0.15, 0.2) is 0 Å². The zero-order valence-corrected chi connectivity index (χ0v) is 9.81. The predicted octanol–water partition coefficient (Wildman–Crippen LogP) is 2.05. The van der Waals surface area contributed by atoms with E-state index in [2.05, 4.69) is 14.7 Å². The van der Waals surface area contributed by atoms with E-state index in [1.165, 1.54) is 11.5 Å². The summed E-state index contributed by atoms with van der Waals surface area (Å²) >= 11 is 2.89. The molecule has 2 aromatic rings. The Morgan fingerprint density at radius 1 is 1.60 bits per heavy atom. The van der Waals surface area contributed by atoms with Gasteiger partial charge in [-0.1, -0.05) is 0 Å². The number of hydrogen-bond donors (Lipinski definition) is 2. The molecule has 2 heterocycles. The van der Waals surface area contributed by atoms with E-state index in [1.54, 1.807) is 11.3 Å². The van der Waals surface area contributed by atoms with Gasteiger partial charge in [-0.05, 0) is 29.3 Å². The Hall–Kier alpha value is -0.980. The largest absolute Gasteiger partial charge is 0.387 e. The molecule has 80 valence electrons. The lowest BCUT2D eigenvalue weighted by atomic mass is 10.2. The fourth-order valence-corrected chi connectivity index (χ4v) is 2.42. The summed E-state index contributed by atoms with van der Waals surface area (Å²) in [6, 6.07) is 1.92. The highest BCUT2D eigenvalue weighted by Gasteiger charge is 2.08. The van der Waals surface area contributed by atoms with Crippen molar-refractivity contribution >= 4 is 28.0 Å². The number of nitrogens with zero attached hydrogens (tertiary/aromatic N) is 2. The van der Waals surface area contributed by atoms with Crippen LogP contribution in [0.2, 0.25) is 0 Å².